The molecule has 0 radical (unpaired) electrons. The van der Waals surface area contributed by atoms with Crippen molar-refractivity contribution in [2.45, 2.75) is 24.8 Å². The van der Waals surface area contributed by atoms with E-state index in [0.717, 1.165) is 6.07 Å². The minimum Gasteiger partial charge on any atom is -0.393 e. The van der Waals surface area contributed by atoms with Crippen LogP contribution in [0.2, 0.25) is 0 Å². The van der Waals surface area contributed by atoms with Crippen molar-refractivity contribution in [3.8, 4) is 0 Å². The van der Waals surface area contributed by atoms with Crippen LogP contribution in [-0.4, -0.2) is 11.0 Å². The Balaban J connectivity index is 2.51. The second kappa shape index (κ2) is 5.60. The van der Waals surface area contributed by atoms with Gasteiger partial charge in [-0.25, -0.2) is 0 Å². The van der Waals surface area contributed by atoms with E-state index in [1.165, 1.54) is 30.8 Å². The van der Waals surface area contributed by atoms with Gasteiger partial charge in [-0.15, -0.1) is 6.58 Å². The number of halogens is 3. The smallest absolute Gasteiger partial charge is 0.393 e. The van der Waals surface area contributed by atoms with Gasteiger partial charge in [0.05, 0.1) is 21.4 Å². The fourth-order valence-electron chi connectivity index (χ4n) is 2.33. The summed E-state index contributed by atoms with van der Waals surface area (Å²) in [6.45, 7) is 4.93. The Labute approximate surface area is 124 Å². The van der Waals surface area contributed by atoms with Crippen LogP contribution in [-0.2, 0) is 11.0 Å². The van der Waals surface area contributed by atoms with Crippen LogP contribution in [0.3, 0.4) is 0 Å². The van der Waals surface area contributed by atoms with E-state index in [9.17, 15) is 18.0 Å². The maximum absolute atomic E-state index is 13.0. The molecule has 112 valence electrons. The lowest BCUT2D eigenvalue weighted by Gasteiger charge is -2.14. The Morgan fingerprint density at radius 3 is 2.67 bits per heavy atom. The molecule has 1 unspecified atom stereocenters. The number of benzene rings is 1. The Morgan fingerprint density at radius 2 is 2.10 bits per heavy atom. The van der Waals surface area contributed by atoms with E-state index < -0.39 is 17.0 Å². The average Bonchev–Trinajstić information content (AvgIpc) is 2.65. The van der Waals surface area contributed by atoms with Crippen molar-refractivity contribution >= 4 is 23.1 Å². The summed E-state index contributed by atoms with van der Waals surface area (Å²) in [7, 11) is 0. The van der Waals surface area contributed by atoms with Crippen LogP contribution in [0, 0.1) is 6.92 Å². The molecule has 1 aromatic carbocycles. The lowest BCUT2D eigenvalue weighted by Crippen LogP contribution is -2.15. The lowest BCUT2D eigenvalue weighted by atomic mass is 9.93. The number of nitrogens with two attached hydrogens (primary N) is 1. The number of carbonyl (C=O) groups excluding carboxylic acids is 1. The lowest BCUT2D eigenvalue weighted by molar-refractivity contribution is -0.138. The van der Waals surface area contributed by atoms with Gasteiger partial charge in [0.15, 0.2) is 5.78 Å². The maximum atomic E-state index is 13.0. The van der Waals surface area contributed by atoms with Crippen LogP contribution < -0.4 is 5.73 Å². The number of allylic oxidation sites excluding steroid dienone is 2. The van der Waals surface area contributed by atoms with Gasteiger partial charge in [-0.2, -0.15) is 13.2 Å². The highest BCUT2D eigenvalue weighted by Crippen LogP contribution is 2.42. The number of thioether (sulfide) groups is 1. The molecular formula is C15H14F3NOS. The molecule has 1 heterocycles. The van der Waals surface area contributed by atoms with E-state index >= 15 is 0 Å². The molecule has 0 spiro atoms. The molecule has 0 amide bonds. The summed E-state index contributed by atoms with van der Waals surface area (Å²) in [6, 6.07) is 3.80. The minimum absolute atomic E-state index is 0.0242. The van der Waals surface area contributed by atoms with Crippen molar-refractivity contribution in [1.29, 1.82) is 0 Å². The second-order valence-corrected chi connectivity index (χ2v) is 5.95. The molecule has 2 N–H and O–H groups in total. The Morgan fingerprint density at radius 1 is 1.43 bits per heavy atom. The highest BCUT2D eigenvalue weighted by atomic mass is 32.2. The molecule has 2 nitrogen and oxygen atoms in total. The number of ketones is 1. The van der Waals surface area contributed by atoms with Gasteiger partial charge in [-0.3, -0.25) is 4.79 Å². The number of Topliss-reactive ketones (excluding diaryl/α,β-unsaturated/α-hetero) is 1. The first-order valence-corrected chi connectivity index (χ1v) is 7.14. The minimum atomic E-state index is -4.45. The van der Waals surface area contributed by atoms with Crippen molar-refractivity contribution in [2.24, 2.45) is 5.73 Å². The first kappa shape index (κ1) is 15.7. The van der Waals surface area contributed by atoms with Crippen molar-refractivity contribution in [2.75, 3.05) is 0 Å². The summed E-state index contributed by atoms with van der Waals surface area (Å²) in [5, 5.41) is -0.124. The zero-order valence-electron chi connectivity index (χ0n) is 11.3. The molecule has 6 heteroatoms. The van der Waals surface area contributed by atoms with Gasteiger partial charge < -0.3 is 5.73 Å². The molecule has 21 heavy (non-hydrogen) atoms. The summed E-state index contributed by atoms with van der Waals surface area (Å²) in [5.74, 6) is -0.236. The third-order valence-electron chi connectivity index (χ3n) is 3.34. The van der Waals surface area contributed by atoms with E-state index in [0.29, 0.717) is 6.42 Å². The normalized spacial score (nSPS) is 19.2. The van der Waals surface area contributed by atoms with Gasteiger partial charge in [0.2, 0.25) is 0 Å². The summed E-state index contributed by atoms with van der Waals surface area (Å²) in [4.78, 5) is 12.3. The van der Waals surface area contributed by atoms with E-state index in [4.69, 9.17) is 5.73 Å². The standard InChI is InChI=1S/C15H14F3NOS/c1-3-5-11-13(20)12(14(19)21-11)9-6-4-7-10(8(9)2)15(16,17)18/h3-4,6-7,11H,1,5,19H2,2H3. The Hall–Kier alpha value is -1.69. The van der Waals surface area contributed by atoms with Crippen LogP contribution in [0.25, 0.3) is 5.57 Å². The monoisotopic (exact) mass is 313 g/mol. The third kappa shape index (κ3) is 2.85. The highest BCUT2D eigenvalue weighted by molar-refractivity contribution is 8.05. The fraction of sp³-hybridized carbons (Fsp3) is 0.267. The molecule has 2 rings (SSSR count). The van der Waals surface area contributed by atoms with Crippen LogP contribution in [0.5, 0.6) is 0 Å². The van der Waals surface area contributed by atoms with Crippen molar-refractivity contribution in [3.63, 3.8) is 0 Å². The van der Waals surface area contributed by atoms with E-state index in [1.807, 2.05) is 0 Å². The molecule has 0 aromatic heterocycles. The van der Waals surface area contributed by atoms with Gasteiger partial charge in [-0.1, -0.05) is 30.0 Å². The van der Waals surface area contributed by atoms with Crippen molar-refractivity contribution in [1.82, 2.24) is 0 Å². The quantitative estimate of drug-likeness (QED) is 0.861. The molecule has 0 fully saturated rings. The summed E-state index contributed by atoms with van der Waals surface area (Å²) < 4.78 is 38.9. The van der Waals surface area contributed by atoms with Gasteiger partial charge >= 0.3 is 6.18 Å². The van der Waals surface area contributed by atoms with Crippen LogP contribution >= 0.6 is 11.8 Å². The van der Waals surface area contributed by atoms with Crippen LogP contribution in [0.15, 0.2) is 35.9 Å². The van der Waals surface area contributed by atoms with Crippen LogP contribution in [0.4, 0.5) is 13.2 Å². The van der Waals surface area contributed by atoms with Gasteiger partial charge in [0.1, 0.15) is 0 Å². The van der Waals surface area contributed by atoms with Gasteiger partial charge in [0, 0.05) is 0 Å². The summed E-state index contributed by atoms with van der Waals surface area (Å²) >= 11 is 1.18. The van der Waals surface area contributed by atoms with E-state index in [-0.39, 0.29) is 27.5 Å². The highest BCUT2D eigenvalue weighted by Gasteiger charge is 2.37. The first-order chi connectivity index (χ1) is 9.77. The Kier molecular flexibility index (Phi) is 4.18. The second-order valence-electron chi connectivity index (χ2n) is 4.71. The summed E-state index contributed by atoms with van der Waals surface area (Å²) in [6.07, 6.45) is -2.42. The number of alkyl halides is 3. The SMILES string of the molecule is C=CCC1SC(N)=C(c2cccc(C(F)(F)F)c2C)C1=O. The van der Waals surface area contributed by atoms with E-state index in [2.05, 4.69) is 6.58 Å². The number of hydrogen-bond acceptors (Lipinski definition) is 3. The molecular weight excluding hydrogens is 299 g/mol. The summed E-state index contributed by atoms with van der Waals surface area (Å²) in [5.41, 5.74) is 5.58. The van der Waals surface area contributed by atoms with Gasteiger partial charge in [-0.05, 0) is 30.5 Å². The van der Waals surface area contributed by atoms with Gasteiger partial charge in [0.25, 0.3) is 0 Å². The third-order valence-corrected chi connectivity index (χ3v) is 4.49. The fourth-order valence-corrected chi connectivity index (χ4v) is 3.43. The molecule has 1 aliphatic heterocycles. The average molecular weight is 313 g/mol. The molecule has 0 saturated heterocycles. The number of rotatable bonds is 3. The molecule has 0 aliphatic carbocycles. The number of hydrogen-bond donors (Lipinski definition) is 1. The molecule has 0 saturated carbocycles. The maximum Gasteiger partial charge on any atom is 0.416 e. The zero-order valence-corrected chi connectivity index (χ0v) is 12.1. The van der Waals surface area contributed by atoms with E-state index in [1.54, 1.807) is 6.08 Å². The molecule has 1 atom stereocenters. The molecule has 1 aliphatic rings. The zero-order chi connectivity index (χ0) is 15.8. The van der Waals surface area contributed by atoms with Crippen molar-refractivity contribution in [3.05, 3.63) is 52.6 Å². The first-order valence-electron chi connectivity index (χ1n) is 6.26. The predicted molar refractivity (Wildman–Crippen MR) is 78.5 cm³/mol. The molecule has 1 aromatic rings. The predicted octanol–water partition coefficient (Wildman–Crippen LogP) is 3.90. The number of carbonyl (C=O) groups is 1. The topological polar surface area (TPSA) is 43.1 Å². The van der Waals surface area contributed by atoms with Crippen molar-refractivity contribution < 1.29 is 18.0 Å². The van der Waals surface area contributed by atoms with Crippen LogP contribution in [0.1, 0.15) is 23.1 Å². The Bertz CT molecular complexity index is 634. The molecule has 0 bridgehead atoms. The largest absolute Gasteiger partial charge is 0.416 e.